The largest absolute Gasteiger partial charge is 0.481 e. The predicted octanol–water partition coefficient (Wildman–Crippen LogP) is 3.01. The molecule has 17 heavy (non-hydrogen) atoms. The van der Waals surface area contributed by atoms with Crippen LogP contribution in [0.25, 0.3) is 0 Å². The van der Waals surface area contributed by atoms with E-state index in [-0.39, 0.29) is 0 Å². The molecule has 3 nitrogen and oxygen atoms in total. The van der Waals surface area contributed by atoms with Gasteiger partial charge < -0.3 is 10.8 Å². The summed E-state index contributed by atoms with van der Waals surface area (Å²) in [6.45, 7) is 1.97. The number of nitrogens with two attached hydrogens (primary N) is 1. The standard InChI is InChI=1S/C13H16BrNO2/c1-8-3-4-9(14)7-10(8)11(15)13(12(16)17)5-2-6-13/h3-4,7,11H,2,5-6,15H2,1H3,(H,16,17). The lowest BCUT2D eigenvalue weighted by Gasteiger charge is -2.43. The van der Waals surface area contributed by atoms with Gasteiger partial charge in [0, 0.05) is 10.5 Å². The van der Waals surface area contributed by atoms with Crippen LogP contribution in [0, 0.1) is 12.3 Å². The van der Waals surface area contributed by atoms with Crippen molar-refractivity contribution in [2.24, 2.45) is 11.1 Å². The van der Waals surface area contributed by atoms with Crippen molar-refractivity contribution >= 4 is 21.9 Å². The fraction of sp³-hybridized carbons (Fsp3) is 0.462. The Labute approximate surface area is 109 Å². The van der Waals surface area contributed by atoms with E-state index in [1.54, 1.807) is 0 Å². The van der Waals surface area contributed by atoms with Crippen LogP contribution in [0.1, 0.15) is 36.4 Å². The second-order valence-corrected chi connectivity index (χ2v) is 5.71. The van der Waals surface area contributed by atoms with E-state index in [2.05, 4.69) is 15.9 Å². The zero-order valence-electron chi connectivity index (χ0n) is 9.74. The number of benzene rings is 1. The molecule has 0 bridgehead atoms. The second kappa shape index (κ2) is 4.42. The Hall–Kier alpha value is -0.870. The van der Waals surface area contributed by atoms with E-state index in [1.807, 2.05) is 25.1 Å². The molecule has 1 aliphatic rings. The first-order valence-electron chi connectivity index (χ1n) is 5.72. The van der Waals surface area contributed by atoms with Crippen molar-refractivity contribution in [3.8, 4) is 0 Å². The molecule has 1 aromatic carbocycles. The lowest BCUT2D eigenvalue weighted by Crippen LogP contribution is -2.47. The maximum Gasteiger partial charge on any atom is 0.311 e. The maximum absolute atomic E-state index is 11.4. The zero-order chi connectivity index (χ0) is 12.6. The topological polar surface area (TPSA) is 63.3 Å². The molecule has 0 radical (unpaired) electrons. The van der Waals surface area contributed by atoms with Gasteiger partial charge in [0.05, 0.1) is 5.41 Å². The fourth-order valence-electron chi connectivity index (χ4n) is 2.46. The fourth-order valence-corrected chi connectivity index (χ4v) is 2.84. The van der Waals surface area contributed by atoms with Gasteiger partial charge in [0.25, 0.3) is 0 Å². The minimum atomic E-state index is -0.768. The molecule has 0 spiro atoms. The molecule has 1 fully saturated rings. The van der Waals surface area contributed by atoms with Crippen molar-refractivity contribution in [1.29, 1.82) is 0 Å². The summed E-state index contributed by atoms with van der Waals surface area (Å²) in [5.74, 6) is -0.768. The Balaban J connectivity index is 2.39. The van der Waals surface area contributed by atoms with Crippen LogP contribution in [-0.2, 0) is 4.79 Å². The van der Waals surface area contributed by atoms with Crippen molar-refractivity contribution < 1.29 is 9.90 Å². The molecule has 0 aromatic heterocycles. The van der Waals surface area contributed by atoms with E-state index >= 15 is 0 Å². The summed E-state index contributed by atoms with van der Waals surface area (Å²) in [6.07, 6.45) is 2.30. The van der Waals surface area contributed by atoms with Gasteiger partial charge >= 0.3 is 5.97 Å². The third-order valence-corrected chi connectivity index (χ3v) is 4.34. The molecule has 0 heterocycles. The molecule has 0 aliphatic heterocycles. The molecule has 1 saturated carbocycles. The summed E-state index contributed by atoms with van der Waals surface area (Å²) < 4.78 is 0.938. The van der Waals surface area contributed by atoms with E-state index in [0.717, 1.165) is 22.0 Å². The lowest BCUT2D eigenvalue weighted by molar-refractivity contribution is -0.156. The van der Waals surface area contributed by atoms with Crippen LogP contribution in [-0.4, -0.2) is 11.1 Å². The van der Waals surface area contributed by atoms with E-state index in [0.29, 0.717) is 12.8 Å². The van der Waals surface area contributed by atoms with Crippen LogP contribution >= 0.6 is 15.9 Å². The Morgan fingerprint density at radius 1 is 1.53 bits per heavy atom. The summed E-state index contributed by atoms with van der Waals surface area (Å²) in [7, 11) is 0. The first-order chi connectivity index (χ1) is 7.97. The Kier molecular flexibility index (Phi) is 3.27. The summed E-state index contributed by atoms with van der Waals surface area (Å²) in [6, 6.07) is 5.42. The van der Waals surface area contributed by atoms with Crippen molar-refractivity contribution in [2.75, 3.05) is 0 Å². The lowest BCUT2D eigenvalue weighted by atomic mass is 9.62. The van der Waals surface area contributed by atoms with Crippen molar-refractivity contribution in [3.63, 3.8) is 0 Å². The summed E-state index contributed by atoms with van der Waals surface area (Å²) in [5.41, 5.74) is 7.43. The van der Waals surface area contributed by atoms with Gasteiger partial charge in [-0.2, -0.15) is 0 Å². The number of halogens is 1. The summed E-state index contributed by atoms with van der Waals surface area (Å²) >= 11 is 3.41. The number of rotatable bonds is 3. The molecule has 4 heteroatoms. The van der Waals surface area contributed by atoms with Gasteiger partial charge in [0.2, 0.25) is 0 Å². The predicted molar refractivity (Wildman–Crippen MR) is 69.7 cm³/mol. The third-order valence-electron chi connectivity index (χ3n) is 3.84. The maximum atomic E-state index is 11.4. The van der Waals surface area contributed by atoms with Crippen molar-refractivity contribution in [3.05, 3.63) is 33.8 Å². The number of hydrogen-bond donors (Lipinski definition) is 2. The molecule has 1 unspecified atom stereocenters. The van der Waals surface area contributed by atoms with Gasteiger partial charge in [-0.05, 0) is 43.0 Å². The van der Waals surface area contributed by atoms with Crippen LogP contribution in [0.2, 0.25) is 0 Å². The van der Waals surface area contributed by atoms with Crippen LogP contribution in [0.3, 0.4) is 0 Å². The normalized spacial score (nSPS) is 19.5. The van der Waals surface area contributed by atoms with E-state index < -0.39 is 17.4 Å². The number of hydrogen-bond acceptors (Lipinski definition) is 2. The quantitative estimate of drug-likeness (QED) is 0.901. The SMILES string of the molecule is Cc1ccc(Br)cc1C(N)C1(C(=O)O)CCC1. The molecule has 0 amide bonds. The van der Waals surface area contributed by atoms with Crippen LogP contribution in [0.5, 0.6) is 0 Å². The van der Waals surface area contributed by atoms with Crippen molar-refractivity contribution in [1.82, 2.24) is 0 Å². The smallest absolute Gasteiger partial charge is 0.311 e. The van der Waals surface area contributed by atoms with E-state index in [4.69, 9.17) is 5.73 Å². The van der Waals surface area contributed by atoms with Gasteiger partial charge in [-0.25, -0.2) is 0 Å². The minimum absolute atomic E-state index is 0.425. The summed E-state index contributed by atoms with van der Waals surface area (Å²) in [4.78, 5) is 11.4. The van der Waals surface area contributed by atoms with Crippen LogP contribution < -0.4 is 5.73 Å². The number of aliphatic carboxylic acids is 1. The monoisotopic (exact) mass is 297 g/mol. The van der Waals surface area contributed by atoms with Gasteiger partial charge in [-0.1, -0.05) is 28.4 Å². The highest BCUT2D eigenvalue weighted by atomic mass is 79.9. The number of carboxylic acid groups (broad SMARTS) is 1. The van der Waals surface area contributed by atoms with E-state index in [9.17, 15) is 9.90 Å². The zero-order valence-corrected chi connectivity index (χ0v) is 11.3. The molecule has 92 valence electrons. The van der Waals surface area contributed by atoms with Crippen molar-refractivity contribution in [2.45, 2.75) is 32.2 Å². The van der Waals surface area contributed by atoms with Gasteiger partial charge in [0.15, 0.2) is 0 Å². The Morgan fingerprint density at radius 3 is 2.65 bits per heavy atom. The minimum Gasteiger partial charge on any atom is -0.481 e. The molecule has 2 rings (SSSR count). The first kappa shape index (κ1) is 12.6. The molecule has 1 aliphatic carbocycles. The highest BCUT2D eigenvalue weighted by molar-refractivity contribution is 9.10. The first-order valence-corrected chi connectivity index (χ1v) is 6.52. The highest BCUT2D eigenvalue weighted by Crippen LogP contribution is 2.50. The van der Waals surface area contributed by atoms with Crippen LogP contribution in [0.15, 0.2) is 22.7 Å². The molecule has 1 atom stereocenters. The van der Waals surface area contributed by atoms with Gasteiger partial charge in [-0.15, -0.1) is 0 Å². The highest BCUT2D eigenvalue weighted by Gasteiger charge is 2.50. The number of carbonyl (C=O) groups is 1. The second-order valence-electron chi connectivity index (χ2n) is 4.79. The van der Waals surface area contributed by atoms with E-state index in [1.165, 1.54) is 0 Å². The van der Waals surface area contributed by atoms with Gasteiger partial charge in [0.1, 0.15) is 0 Å². The molecular formula is C13H16BrNO2. The van der Waals surface area contributed by atoms with Crippen LogP contribution in [0.4, 0.5) is 0 Å². The number of carboxylic acids is 1. The Bertz CT molecular complexity index is 455. The molecule has 3 N–H and O–H groups in total. The summed E-state index contributed by atoms with van der Waals surface area (Å²) in [5, 5.41) is 9.38. The number of aryl methyl sites for hydroxylation is 1. The van der Waals surface area contributed by atoms with Gasteiger partial charge in [-0.3, -0.25) is 4.79 Å². The molecule has 0 saturated heterocycles. The average molecular weight is 298 g/mol. The third kappa shape index (κ3) is 2.00. The average Bonchev–Trinajstić information content (AvgIpc) is 2.19. The molecular weight excluding hydrogens is 282 g/mol. The Morgan fingerprint density at radius 2 is 2.18 bits per heavy atom. The molecule has 1 aromatic rings.